The number of hydrogen-bond acceptors (Lipinski definition) is 9. The number of hydrogen-bond donors (Lipinski definition) is 6. The van der Waals surface area contributed by atoms with Crippen molar-refractivity contribution < 1.29 is 61.8 Å². The van der Waals surface area contributed by atoms with Gasteiger partial charge in [0, 0.05) is 30.9 Å². The molecular weight excluding hydrogens is 612 g/mol. The first kappa shape index (κ1) is 34.4. The molecule has 0 aliphatic carbocycles. The number of alkyl halides is 3. The first-order valence-corrected chi connectivity index (χ1v) is 13.2. The number of piperazine rings is 1. The average molecular weight is 640 g/mol. The maximum atomic E-state index is 13.5. The van der Waals surface area contributed by atoms with Gasteiger partial charge in [-0.2, -0.15) is 18.3 Å². The third kappa shape index (κ3) is 7.69. The lowest BCUT2D eigenvalue weighted by Gasteiger charge is -2.33. The zero-order valence-corrected chi connectivity index (χ0v) is 24.0. The molecule has 2 aromatic rings. The van der Waals surface area contributed by atoms with Gasteiger partial charge in [-0.1, -0.05) is 12.1 Å². The molecule has 1 unspecified atom stereocenters. The van der Waals surface area contributed by atoms with Gasteiger partial charge in [-0.15, -0.1) is 0 Å². The Hall–Kier alpha value is -5.14. The molecule has 0 radical (unpaired) electrons. The number of aromatic nitrogens is 2. The fourth-order valence-corrected chi connectivity index (χ4v) is 4.61. The molecule has 1 saturated heterocycles. The Morgan fingerprint density at radius 2 is 1.80 bits per heavy atom. The summed E-state index contributed by atoms with van der Waals surface area (Å²) in [5, 5.41) is 39.1. The van der Waals surface area contributed by atoms with Crippen LogP contribution in [-0.4, -0.2) is 110 Å². The van der Waals surface area contributed by atoms with Crippen LogP contribution in [0.25, 0.3) is 0 Å². The van der Waals surface area contributed by atoms with Gasteiger partial charge >= 0.3 is 43.1 Å². The number of urea groups is 1. The van der Waals surface area contributed by atoms with Gasteiger partial charge in [-0.3, -0.25) is 24.4 Å². The molecule has 4 rings (SSSR count). The standard InChI is InChI=1S/C23H27BN6O8.C2HF3O2/c1-4-29-8-9-30(21(33)20(29)32)23(36)26-17(16-11(2)27-28-12(16)3)19(31)25-15-10-13-6-5-7-14(22(34)35)18(13)38-24(15)37;3-2(4,5)1(6)7/h5-7,15,17,37H,4,8-10H2,1-3H3,(H,25,31)(H,26,36)(H,27,28)(H,34,35);(H,6,7)/t15-,17?;/m0./s1. The van der Waals surface area contributed by atoms with Crippen LogP contribution in [0, 0.1) is 13.8 Å². The van der Waals surface area contributed by atoms with Crippen LogP contribution in [0.15, 0.2) is 18.2 Å². The molecule has 45 heavy (non-hydrogen) atoms. The van der Waals surface area contributed by atoms with Crippen molar-refractivity contribution in [1.29, 1.82) is 0 Å². The Bertz CT molecular complexity index is 1500. The molecular formula is C25H28BF3N6O10. The van der Waals surface area contributed by atoms with Crippen molar-refractivity contribution >= 4 is 42.8 Å². The number of imide groups is 1. The SMILES string of the molecule is CCN1CCN(C(=O)NC(C(=O)N[C@H]2Cc3cccc(C(=O)O)c3OB2O)c2c(C)n[nH]c2C)C(=O)C1=O.O=C(O)C(F)(F)F. The molecule has 1 aromatic carbocycles. The molecule has 5 amide bonds. The van der Waals surface area contributed by atoms with Crippen molar-refractivity contribution in [3.05, 3.63) is 46.3 Å². The minimum absolute atomic E-state index is 0.0128. The molecule has 242 valence electrons. The largest absolute Gasteiger partial charge is 0.547 e. The Labute approximate surface area is 252 Å². The highest BCUT2D eigenvalue weighted by Gasteiger charge is 2.42. The highest BCUT2D eigenvalue weighted by atomic mass is 19.4. The number of rotatable bonds is 6. The summed E-state index contributed by atoms with van der Waals surface area (Å²) in [4.78, 5) is 73.9. The zero-order chi connectivity index (χ0) is 33.8. The van der Waals surface area contributed by atoms with Crippen LogP contribution < -0.4 is 15.3 Å². The van der Waals surface area contributed by atoms with Crippen molar-refractivity contribution in [2.24, 2.45) is 0 Å². The van der Waals surface area contributed by atoms with Gasteiger partial charge in [0.1, 0.15) is 11.8 Å². The Morgan fingerprint density at radius 1 is 1.16 bits per heavy atom. The first-order valence-electron chi connectivity index (χ1n) is 13.2. The van der Waals surface area contributed by atoms with Crippen molar-refractivity contribution in [2.45, 2.75) is 45.4 Å². The van der Waals surface area contributed by atoms with E-state index < -0.39 is 61.0 Å². The summed E-state index contributed by atoms with van der Waals surface area (Å²) in [7, 11) is -1.57. The molecule has 2 aliphatic heterocycles. The lowest BCUT2D eigenvalue weighted by atomic mass is 9.72. The number of H-pyrrole nitrogens is 1. The predicted octanol–water partition coefficient (Wildman–Crippen LogP) is -0.0610. The summed E-state index contributed by atoms with van der Waals surface area (Å²) in [6, 6.07) is 2.22. The quantitative estimate of drug-likeness (QED) is 0.181. The highest BCUT2D eigenvalue weighted by molar-refractivity contribution is 6.47. The maximum absolute atomic E-state index is 13.5. The molecule has 2 atom stereocenters. The van der Waals surface area contributed by atoms with E-state index in [0.29, 0.717) is 29.1 Å². The number of carboxylic acid groups (broad SMARTS) is 2. The fourth-order valence-electron chi connectivity index (χ4n) is 4.61. The number of fused-ring (bicyclic) bond motifs is 1. The molecule has 0 saturated carbocycles. The number of carboxylic acids is 2. The van der Waals surface area contributed by atoms with Crippen LogP contribution in [-0.2, 0) is 25.6 Å². The Kier molecular flexibility index (Phi) is 10.4. The number of nitrogens with one attached hydrogen (secondary N) is 3. The van der Waals surface area contributed by atoms with Crippen molar-refractivity contribution in [1.82, 2.24) is 30.6 Å². The number of likely N-dealkylation sites (N-methyl/N-ethyl adjacent to an activating group) is 1. The molecule has 3 heterocycles. The van der Waals surface area contributed by atoms with Crippen LogP contribution in [0.5, 0.6) is 5.75 Å². The molecule has 1 aromatic heterocycles. The van der Waals surface area contributed by atoms with E-state index in [4.69, 9.17) is 14.6 Å². The van der Waals surface area contributed by atoms with Gasteiger partial charge < -0.3 is 35.4 Å². The van der Waals surface area contributed by atoms with E-state index in [9.17, 15) is 47.3 Å². The number of aliphatic carboxylic acids is 1. The van der Waals surface area contributed by atoms with Crippen LogP contribution in [0.2, 0.25) is 0 Å². The Morgan fingerprint density at radius 3 is 2.33 bits per heavy atom. The lowest BCUT2D eigenvalue weighted by Crippen LogP contribution is -2.60. The van der Waals surface area contributed by atoms with Crippen LogP contribution in [0.3, 0.4) is 0 Å². The van der Waals surface area contributed by atoms with Crippen molar-refractivity contribution in [3.8, 4) is 5.75 Å². The summed E-state index contributed by atoms with van der Waals surface area (Å²) in [5.41, 5.74) is 1.59. The number of aromatic amines is 1. The number of benzene rings is 1. The van der Waals surface area contributed by atoms with E-state index in [1.165, 1.54) is 17.0 Å². The monoisotopic (exact) mass is 640 g/mol. The molecule has 1 fully saturated rings. The third-order valence-electron chi connectivity index (χ3n) is 6.86. The summed E-state index contributed by atoms with van der Waals surface area (Å²) < 4.78 is 37.2. The Balaban J connectivity index is 0.000000707. The van der Waals surface area contributed by atoms with E-state index in [0.717, 1.165) is 4.90 Å². The molecule has 0 spiro atoms. The normalized spacial score (nSPS) is 17.0. The van der Waals surface area contributed by atoms with Gasteiger partial charge in [0.2, 0.25) is 5.91 Å². The smallest absolute Gasteiger partial charge is 0.534 e. The van der Waals surface area contributed by atoms with Gasteiger partial charge in [0.25, 0.3) is 0 Å². The van der Waals surface area contributed by atoms with E-state index in [1.807, 2.05) is 0 Å². The maximum Gasteiger partial charge on any atom is 0.547 e. The topological polar surface area (TPSA) is 232 Å². The number of amides is 5. The first-order chi connectivity index (χ1) is 21.0. The number of aromatic carboxylic acids is 1. The second-order valence-electron chi connectivity index (χ2n) is 9.80. The van der Waals surface area contributed by atoms with Gasteiger partial charge in [-0.25, -0.2) is 14.4 Å². The van der Waals surface area contributed by atoms with Gasteiger partial charge in [0.15, 0.2) is 0 Å². The minimum Gasteiger partial charge on any atom is -0.534 e. The molecule has 16 nitrogen and oxygen atoms in total. The van der Waals surface area contributed by atoms with E-state index >= 15 is 0 Å². The van der Waals surface area contributed by atoms with Crippen LogP contribution >= 0.6 is 0 Å². The van der Waals surface area contributed by atoms with Crippen LogP contribution in [0.4, 0.5) is 18.0 Å². The number of aryl methyl sites for hydroxylation is 2. The fraction of sp³-hybridized carbons (Fsp3) is 0.400. The average Bonchev–Trinajstić information content (AvgIpc) is 3.29. The number of halogens is 3. The summed E-state index contributed by atoms with van der Waals surface area (Å²) in [6.45, 7) is 5.44. The zero-order valence-electron chi connectivity index (χ0n) is 24.0. The number of carbonyl (C=O) groups is 6. The van der Waals surface area contributed by atoms with Crippen molar-refractivity contribution in [3.63, 3.8) is 0 Å². The van der Waals surface area contributed by atoms with E-state index in [2.05, 4.69) is 20.8 Å². The van der Waals surface area contributed by atoms with E-state index in [1.54, 1.807) is 26.8 Å². The summed E-state index contributed by atoms with van der Waals surface area (Å²) >= 11 is 0. The van der Waals surface area contributed by atoms with Gasteiger partial charge in [-0.05, 0) is 38.8 Å². The lowest BCUT2D eigenvalue weighted by molar-refractivity contribution is -0.192. The summed E-state index contributed by atoms with van der Waals surface area (Å²) in [5.74, 6) is -7.50. The number of carbonyl (C=O) groups excluding carboxylic acids is 4. The minimum atomic E-state index is -5.08. The molecule has 0 bridgehead atoms. The summed E-state index contributed by atoms with van der Waals surface area (Å²) in [6.07, 6.45) is -5.03. The molecule has 2 aliphatic rings. The van der Waals surface area contributed by atoms with Crippen molar-refractivity contribution in [2.75, 3.05) is 19.6 Å². The predicted molar refractivity (Wildman–Crippen MR) is 145 cm³/mol. The highest BCUT2D eigenvalue weighted by Crippen LogP contribution is 2.30. The van der Waals surface area contributed by atoms with Crippen LogP contribution in [0.1, 0.15) is 45.8 Å². The van der Waals surface area contributed by atoms with Gasteiger partial charge in [0.05, 0.1) is 17.2 Å². The number of para-hydroxylation sites is 1. The van der Waals surface area contributed by atoms with E-state index in [-0.39, 0.29) is 30.8 Å². The second kappa shape index (κ2) is 13.7. The second-order valence-corrected chi connectivity index (χ2v) is 9.80. The third-order valence-corrected chi connectivity index (χ3v) is 6.86. The molecule has 6 N–H and O–H groups in total. The molecule has 20 heteroatoms. The number of nitrogens with zero attached hydrogens (tertiary/aromatic N) is 3.